The van der Waals surface area contributed by atoms with Gasteiger partial charge < -0.3 is 15.4 Å². The molecule has 1 aromatic carbocycles. The molecule has 0 saturated heterocycles. The van der Waals surface area contributed by atoms with Crippen LogP contribution in [0, 0.1) is 0 Å². The largest absolute Gasteiger partial charge is 0.492 e. The molecule has 0 spiro atoms. The Morgan fingerprint density at radius 1 is 1.18 bits per heavy atom. The molecule has 116 valence electrons. The van der Waals surface area contributed by atoms with Crippen LogP contribution in [0.2, 0.25) is 0 Å². The van der Waals surface area contributed by atoms with Crippen molar-refractivity contribution in [3.63, 3.8) is 0 Å². The van der Waals surface area contributed by atoms with Gasteiger partial charge in [0.15, 0.2) is 0 Å². The molecule has 0 bridgehead atoms. The van der Waals surface area contributed by atoms with Crippen LogP contribution in [-0.4, -0.2) is 25.0 Å². The van der Waals surface area contributed by atoms with Crippen molar-refractivity contribution in [2.75, 3.05) is 18.5 Å². The lowest BCUT2D eigenvalue weighted by Crippen LogP contribution is -2.36. The number of carbonyl (C=O) groups is 2. The minimum Gasteiger partial charge on any atom is -0.492 e. The van der Waals surface area contributed by atoms with Crippen molar-refractivity contribution >= 4 is 28.8 Å². The molecule has 0 unspecified atom stereocenters. The lowest BCUT2D eigenvalue weighted by Gasteiger charge is -2.11. The zero-order valence-electron chi connectivity index (χ0n) is 12.3. The first kappa shape index (κ1) is 16.0. The van der Waals surface area contributed by atoms with E-state index >= 15 is 0 Å². The van der Waals surface area contributed by atoms with Crippen molar-refractivity contribution < 1.29 is 14.3 Å². The van der Waals surface area contributed by atoms with E-state index in [1.165, 1.54) is 0 Å². The molecule has 1 aromatic heterocycles. The standard InChI is InChI=1S/C16H18N2O3S/c1-2-21-14-6-4-3-5-13(14)18-16(20)15(19)17-9-7-12-8-10-22-11-12/h3-6,8,10-11H,2,7,9H2,1H3,(H,17,19)(H,18,20). The number of para-hydroxylation sites is 2. The summed E-state index contributed by atoms with van der Waals surface area (Å²) in [5, 5.41) is 9.17. The highest BCUT2D eigenvalue weighted by Gasteiger charge is 2.15. The van der Waals surface area contributed by atoms with Crippen LogP contribution >= 0.6 is 11.3 Å². The quantitative estimate of drug-likeness (QED) is 0.804. The van der Waals surface area contributed by atoms with E-state index in [1.54, 1.807) is 29.5 Å². The highest BCUT2D eigenvalue weighted by Crippen LogP contribution is 2.23. The fraction of sp³-hybridized carbons (Fsp3) is 0.250. The summed E-state index contributed by atoms with van der Waals surface area (Å²) in [4.78, 5) is 23.7. The van der Waals surface area contributed by atoms with Crippen LogP contribution in [0.5, 0.6) is 5.75 Å². The van der Waals surface area contributed by atoms with Crippen molar-refractivity contribution in [3.8, 4) is 5.75 Å². The van der Waals surface area contributed by atoms with Crippen molar-refractivity contribution in [3.05, 3.63) is 46.7 Å². The molecule has 2 N–H and O–H groups in total. The molecule has 0 aliphatic carbocycles. The lowest BCUT2D eigenvalue weighted by molar-refractivity contribution is -0.136. The van der Waals surface area contributed by atoms with E-state index in [4.69, 9.17) is 4.74 Å². The third-order valence-electron chi connectivity index (χ3n) is 2.92. The molecule has 2 aromatic rings. The molecule has 6 heteroatoms. The Hall–Kier alpha value is -2.34. The third-order valence-corrected chi connectivity index (χ3v) is 3.65. The van der Waals surface area contributed by atoms with Gasteiger partial charge in [-0.15, -0.1) is 0 Å². The van der Waals surface area contributed by atoms with Gasteiger partial charge in [-0.05, 0) is 47.9 Å². The summed E-state index contributed by atoms with van der Waals surface area (Å²) in [6.45, 7) is 2.77. The molecule has 0 fully saturated rings. The zero-order valence-corrected chi connectivity index (χ0v) is 13.1. The van der Waals surface area contributed by atoms with Gasteiger partial charge in [0.25, 0.3) is 0 Å². The summed E-state index contributed by atoms with van der Waals surface area (Å²) in [7, 11) is 0. The van der Waals surface area contributed by atoms with Crippen LogP contribution in [0.25, 0.3) is 0 Å². The van der Waals surface area contributed by atoms with Gasteiger partial charge in [0.1, 0.15) is 5.75 Å². The van der Waals surface area contributed by atoms with Crippen LogP contribution in [0.15, 0.2) is 41.1 Å². The average Bonchev–Trinajstić information content (AvgIpc) is 3.02. The number of hydrogen-bond donors (Lipinski definition) is 2. The van der Waals surface area contributed by atoms with Crippen LogP contribution in [-0.2, 0) is 16.0 Å². The number of anilines is 1. The normalized spacial score (nSPS) is 10.0. The first-order valence-corrected chi connectivity index (χ1v) is 7.97. The summed E-state index contributed by atoms with van der Waals surface area (Å²) in [6.07, 6.45) is 0.706. The maximum Gasteiger partial charge on any atom is 0.313 e. The van der Waals surface area contributed by atoms with E-state index in [2.05, 4.69) is 10.6 Å². The number of hydrogen-bond acceptors (Lipinski definition) is 4. The minimum atomic E-state index is -0.697. The topological polar surface area (TPSA) is 67.4 Å². The first-order valence-electron chi connectivity index (χ1n) is 7.02. The number of thiophene rings is 1. The van der Waals surface area contributed by atoms with Gasteiger partial charge in [-0.25, -0.2) is 0 Å². The summed E-state index contributed by atoms with van der Waals surface area (Å²) in [5.41, 5.74) is 1.63. The van der Waals surface area contributed by atoms with Crippen molar-refractivity contribution in [1.29, 1.82) is 0 Å². The smallest absolute Gasteiger partial charge is 0.313 e. The van der Waals surface area contributed by atoms with Crippen molar-refractivity contribution in [1.82, 2.24) is 5.32 Å². The number of nitrogens with one attached hydrogen (secondary N) is 2. The Labute approximate surface area is 133 Å². The SMILES string of the molecule is CCOc1ccccc1NC(=O)C(=O)NCCc1ccsc1. The molecule has 0 aliphatic heterocycles. The molecule has 0 aliphatic rings. The highest BCUT2D eigenvalue weighted by molar-refractivity contribution is 7.07. The second-order valence-electron chi connectivity index (χ2n) is 4.52. The van der Waals surface area contributed by atoms with Gasteiger partial charge in [0, 0.05) is 6.54 Å². The van der Waals surface area contributed by atoms with E-state index < -0.39 is 11.8 Å². The van der Waals surface area contributed by atoms with Gasteiger partial charge >= 0.3 is 11.8 Å². The van der Waals surface area contributed by atoms with E-state index in [1.807, 2.05) is 29.8 Å². The minimum absolute atomic E-state index is 0.427. The summed E-state index contributed by atoms with van der Waals surface area (Å²) >= 11 is 1.61. The number of carbonyl (C=O) groups excluding carboxylic acids is 2. The Morgan fingerprint density at radius 2 is 2.00 bits per heavy atom. The Balaban J connectivity index is 1.84. The van der Waals surface area contributed by atoms with Gasteiger partial charge in [-0.1, -0.05) is 12.1 Å². The molecule has 0 saturated carbocycles. The predicted octanol–water partition coefficient (Wildman–Crippen LogP) is 2.44. The zero-order chi connectivity index (χ0) is 15.8. The molecule has 0 radical (unpaired) electrons. The average molecular weight is 318 g/mol. The predicted molar refractivity (Wildman–Crippen MR) is 87.3 cm³/mol. The Kier molecular flexibility index (Phi) is 5.97. The Morgan fingerprint density at radius 3 is 2.73 bits per heavy atom. The lowest BCUT2D eigenvalue weighted by atomic mass is 10.2. The van der Waals surface area contributed by atoms with Crippen LogP contribution in [0.4, 0.5) is 5.69 Å². The molecule has 5 nitrogen and oxygen atoms in total. The van der Waals surface area contributed by atoms with E-state index in [0.717, 1.165) is 5.56 Å². The second kappa shape index (κ2) is 8.19. The monoisotopic (exact) mass is 318 g/mol. The number of rotatable bonds is 6. The fourth-order valence-corrected chi connectivity index (χ4v) is 2.57. The molecule has 2 rings (SSSR count). The van der Waals surface area contributed by atoms with E-state index in [9.17, 15) is 9.59 Å². The van der Waals surface area contributed by atoms with Crippen LogP contribution in [0.3, 0.4) is 0 Å². The third kappa shape index (κ3) is 4.60. The highest BCUT2D eigenvalue weighted by atomic mass is 32.1. The molecule has 2 amide bonds. The van der Waals surface area contributed by atoms with Gasteiger partial charge in [-0.2, -0.15) is 11.3 Å². The Bertz CT molecular complexity index is 626. The second-order valence-corrected chi connectivity index (χ2v) is 5.30. The summed E-state index contributed by atoms with van der Waals surface area (Å²) in [5.74, 6) is -0.802. The van der Waals surface area contributed by atoms with Gasteiger partial charge in [0.05, 0.1) is 12.3 Å². The summed E-state index contributed by atoms with van der Waals surface area (Å²) < 4.78 is 5.40. The number of ether oxygens (including phenoxy) is 1. The molecular weight excluding hydrogens is 300 g/mol. The first-order chi connectivity index (χ1) is 10.7. The number of amides is 2. The molecule has 1 heterocycles. The van der Waals surface area contributed by atoms with Crippen LogP contribution in [0.1, 0.15) is 12.5 Å². The maximum atomic E-state index is 11.9. The maximum absolute atomic E-state index is 11.9. The van der Waals surface area contributed by atoms with Crippen molar-refractivity contribution in [2.45, 2.75) is 13.3 Å². The van der Waals surface area contributed by atoms with E-state index in [-0.39, 0.29) is 0 Å². The molecular formula is C16H18N2O3S. The van der Waals surface area contributed by atoms with Crippen LogP contribution < -0.4 is 15.4 Å². The van der Waals surface area contributed by atoms with Gasteiger partial charge in [0.2, 0.25) is 0 Å². The number of benzene rings is 1. The molecule has 0 atom stereocenters. The summed E-state index contributed by atoms with van der Waals surface area (Å²) in [6, 6.07) is 9.01. The fourth-order valence-electron chi connectivity index (χ4n) is 1.87. The van der Waals surface area contributed by atoms with Crippen molar-refractivity contribution in [2.24, 2.45) is 0 Å². The van der Waals surface area contributed by atoms with Gasteiger partial charge in [-0.3, -0.25) is 9.59 Å². The molecule has 22 heavy (non-hydrogen) atoms. The van der Waals surface area contributed by atoms with E-state index in [0.29, 0.717) is 31.0 Å².